The number of methoxy groups -OCH3 is 1. The van der Waals surface area contributed by atoms with E-state index in [-0.39, 0.29) is 22.7 Å². The van der Waals surface area contributed by atoms with Gasteiger partial charge in [0.2, 0.25) is 0 Å². The van der Waals surface area contributed by atoms with Crippen LogP contribution in [0.1, 0.15) is 19.3 Å². The van der Waals surface area contributed by atoms with Crippen molar-refractivity contribution in [3.05, 3.63) is 23.8 Å². The molecule has 3 rings (SSSR count). The second kappa shape index (κ2) is 5.03. The SMILES string of the molecule is COC1(Cn2nnnc2-c2cc(N)c(F)cc2F)CCC1. The maximum Gasteiger partial charge on any atom is 0.185 e. The lowest BCUT2D eigenvalue weighted by atomic mass is 9.80. The van der Waals surface area contributed by atoms with Gasteiger partial charge in [0, 0.05) is 13.2 Å². The molecule has 1 aromatic carbocycles. The van der Waals surface area contributed by atoms with E-state index < -0.39 is 11.6 Å². The molecule has 0 bridgehead atoms. The lowest BCUT2D eigenvalue weighted by molar-refractivity contribution is -0.0855. The Bertz CT molecular complexity index is 663. The molecule has 0 aliphatic heterocycles. The first-order valence-corrected chi connectivity index (χ1v) is 6.61. The smallest absolute Gasteiger partial charge is 0.185 e. The van der Waals surface area contributed by atoms with Crippen LogP contribution in [-0.2, 0) is 11.3 Å². The third-order valence-electron chi connectivity index (χ3n) is 3.99. The molecule has 1 aliphatic rings. The fourth-order valence-electron chi connectivity index (χ4n) is 2.51. The van der Waals surface area contributed by atoms with Gasteiger partial charge in [-0.2, -0.15) is 0 Å². The van der Waals surface area contributed by atoms with E-state index in [0.29, 0.717) is 6.54 Å². The second-order valence-corrected chi connectivity index (χ2v) is 5.25. The van der Waals surface area contributed by atoms with E-state index in [4.69, 9.17) is 10.5 Å². The van der Waals surface area contributed by atoms with Gasteiger partial charge >= 0.3 is 0 Å². The summed E-state index contributed by atoms with van der Waals surface area (Å²) in [6, 6.07) is 1.94. The molecule has 0 unspecified atom stereocenters. The quantitative estimate of drug-likeness (QED) is 0.870. The van der Waals surface area contributed by atoms with Crippen molar-refractivity contribution in [1.82, 2.24) is 20.2 Å². The predicted molar refractivity (Wildman–Crippen MR) is 71.2 cm³/mol. The lowest BCUT2D eigenvalue weighted by Crippen LogP contribution is -2.43. The standard InChI is InChI=1S/C13H15F2N5O/c1-21-13(3-2-4-13)7-20-12(17-18-19-20)8-5-11(16)10(15)6-9(8)14/h5-6H,2-4,7,16H2,1H3. The van der Waals surface area contributed by atoms with Crippen molar-refractivity contribution in [3.63, 3.8) is 0 Å². The Morgan fingerprint density at radius 2 is 2.10 bits per heavy atom. The van der Waals surface area contributed by atoms with Crippen LogP contribution in [-0.4, -0.2) is 32.9 Å². The predicted octanol–water partition coefficient (Wildman–Crippen LogP) is 1.77. The van der Waals surface area contributed by atoms with E-state index in [9.17, 15) is 8.78 Å². The van der Waals surface area contributed by atoms with Gasteiger partial charge in [-0.3, -0.25) is 0 Å². The first kappa shape index (κ1) is 13.9. The Labute approximate surface area is 119 Å². The summed E-state index contributed by atoms with van der Waals surface area (Å²) in [5.74, 6) is -1.34. The molecule has 0 atom stereocenters. The number of halogens is 2. The zero-order chi connectivity index (χ0) is 15.0. The summed E-state index contributed by atoms with van der Waals surface area (Å²) in [7, 11) is 1.64. The Hall–Kier alpha value is -2.09. The molecular weight excluding hydrogens is 280 g/mol. The number of aromatic nitrogens is 4. The first-order valence-electron chi connectivity index (χ1n) is 6.61. The van der Waals surface area contributed by atoms with Crippen molar-refractivity contribution >= 4 is 5.69 Å². The summed E-state index contributed by atoms with van der Waals surface area (Å²) >= 11 is 0. The van der Waals surface area contributed by atoms with Gasteiger partial charge in [0.1, 0.15) is 11.6 Å². The minimum Gasteiger partial charge on any atom is -0.396 e. The van der Waals surface area contributed by atoms with Crippen molar-refractivity contribution < 1.29 is 13.5 Å². The number of nitrogen functional groups attached to an aromatic ring is 1. The van der Waals surface area contributed by atoms with Crippen molar-refractivity contribution in [2.75, 3.05) is 12.8 Å². The monoisotopic (exact) mass is 295 g/mol. The number of hydrogen-bond acceptors (Lipinski definition) is 5. The van der Waals surface area contributed by atoms with Gasteiger partial charge in [-0.15, -0.1) is 5.10 Å². The van der Waals surface area contributed by atoms with E-state index in [1.54, 1.807) is 7.11 Å². The van der Waals surface area contributed by atoms with Crippen LogP contribution in [0.3, 0.4) is 0 Å². The van der Waals surface area contributed by atoms with Gasteiger partial charge < -0.3 is 10.5 Å². The zero-order valence-electron chi connectivity index (χ0n) is 11.5. The minimum absolute atomic E-state index is 0.0736. The van der Waals surface area contributed by atoms with E-state index in [1.165, 1.54) is 10.7 Å². The molecule has 1 fully saturated rings. The highest BCUT2D eigenvalue weighted by Gasteiger charge is 2.38. The normalized spacial score (nSPS) is 16.7. The Balaban J connectivity index is 1.97. The molecule has 0 amide bonds. The molecule has 112 valence electrons. The molecule has 1 saturated carbocycles. The molecule has 21 heavy (non-hydrogen) atoms. The number of tetrazole rings is 1. The molecule has 1 heterocycles. The minimum atomic E-state index is -0.803. The third kappa shape index (κ3) is 2.35. The molecule has 8 heteroatoms. The van der Waals surface area contributed by atoms with Gasteiger partial charge in [0.05, 0.1) is 23.4 Å². The average molecular weight is 295 g/mol. The van der Waals surface area contributed by atoms with E-state index in [0.717, 1.165) is 25.3 Å². The highest BCUT2D eigenvalue weighted by atomic mass is 19.1. The van der Waals surface area contributed by atoms with Gasteiger partial charge in [-0.25, -0.2) is 13.5 Å². The van der Waals surface area contributed by atoms with Crippen LogP contribution in [0, 0.1) is 11.6 Å². The molecule has 0 saturated heterocycles. The van der Waals surface area contributed by atoms with Crippen LogP contribution in [0.4, 0.5) is 14.5 Å². The van der Waals surface area contributed by atoms with Crippen molar-refractivity contribution in [2.45, 2.75) is 31.4 Å². The zero-order valence-corrected chi connectivity index (χ0v) is 11.5. The summed E-state index contributed by atoms with van der Waals surface area (Å²) in [6.45, 7) is 0.419. The number of ether oxygens (including phenoxy) is 1. The number of hydrogen-bond donors (Lipinski definition) is 1. The number of nitrogens with zero attached hydrogens (tertiary/aromatic N) is 4. The van der Waals surface area contributed by atoms with Crippen molar-refractivity contribution in [2.24, 2.45) is 0 Å². The second-order valence-electron chi connectivity index (χ2n) is 5.25. The maximum absolute atomic E-state index is 13.9. The topological polar surface area (TPSA) is 78.8 Å². The average Bonchev–Trinajstić information content (AvgIpc) is 2.86. The highest BCUT2D eigenvalue weighted by Crippen LogP contribution is 2.37. The largest absolute Gasteiger partial charge is 0.396 e. The van der Waals surface area contributed by atoms with Crippen LogP contribution in [0.15, 0.2) is 12.1 Å². The molecule has 0 radical (unpaired) electrons. The molecule has 1 aromatic heterocycles. The molecule has 0 spiro atoms. The number of anilines is 1. The van der Waals surface area contributed by atoms with Gasteiger partial charge in [-0.05, 0) is 35.8 Å². The van der Waals surface area contributed by atoms with Crippen LogP contribution >= 0.6 is 0 Å². The van der Waals surface area contributed by atoms with Crippen LogP contribution in [0.25, 0.3) is 11.4 Å². The van der Waals surface area contributed by atoms with E-state index >= 15 is 0 Å². The summed E-state index contributed by atoms with van der Waals surface area (Å²) < 4.78 is 34.2. The number of nitrogens with two attached hydrogens (primary N) is 1. The van der Waals surface area contributed by atoms with Gasteiger partial charge in [0.25, 0.3) is 0 Å². The number of benzene rings is 1. The summed E-state index contributed by atoms with van der Waals surface area (Å²) in [6.07, 6.45) is 2.87. The summed E-state index contributed by atoms with van der Waals surface area (Å²) in [5, 5.41) is 11.3. The first-order chi connectivity index (χ1) is 10.0. The Kier molecular flexibility index (Phi) is 3.32. The van der Waals surface area contributed by atoms with E-state index in [1.807, 2.05) is 0 Å². The molecule has 2 N–H and O–H groups in total. The van der Waals surface area contributed by atoms with Crippen LogP contribution in [0.5, 0.6) is 0 Å². The fourth-order valence-corrected chi connectivity index (χ4v) is 2.51. The highest BCUT2D eigenvalue weighted by molar-refractivity contribution is 5.62. The Morgan fingerprint density at radius 1 is 1.33 bits per heavy atom. The lowest BCUT2D eigenvalue weighted by Gasteiger charge is -2.40. The van der Waals surface area contributed by atoms with Crippen molar-refractivity contribution in [3.8, 4) is 11.4 Å². The van der Waals surface area contributed by atoms with Gasteiger partial charge in [0.15, 0.2) is 5.82 Å². The fraction of sp³-hybridized carbons (Fsp3) is 0.462. The van der Waals surface area contributed by atoms with E-state index in [2.05, 4.69) is 15.5 Å². The molecular formula is C13H15F2N5O. The molecule has 2 aromatic rings. The Morgan fingerprint density at radius 3 is 2.71 bits per heavy atom. The van der Waals surface area contributed by atoms with Crippen molar-refractivity contribution in [1.29, 1.82) is 0 Å². The summed E-state index contributed by atoms with van der Waals surface area (Å²) in [5.41, 5.74) is 5.11. The molecule has 1 aliphatic carbocycles. The summed E-state index contributed by atoms with van der Waals surface area (Å²) in [4.78, 5) is 0. The van der Waals surface area contributed by atoms with Crippen LogP contribution in [0.2, 0.25) is 0 Å². The third-order valence-corrected chi connectivity index (χ3v) is 3.99. The molecule has 6 nitrogen and oxygen atoms in total. The van der Waals surface area contributed by atoms with Crippen LogP contribution < -0.4 is 5.73 Å². The maximum atomic E-state index is 13.9. The van der Waals surface area contributed by atoms with Gasteiger partial charge in [-0.1, -0.05) is 0 Å². The number of rotatable bonds is 4.